The van der Waals surface area contributed by atoms with Gasteiger partial charge in [0, 0.05) is 36.4 Å². The lowest BCUT2D eigenvalue weighted by Crippen LogP contribution is -2.45. The number of nitrogens with zero attached hydrogens (tertiary/aromatic N) is 4. The van der Waals surface area contributed by atoms with E-state index in [1.807, 2.05) is 12.1 Å². The summed E-state index contributed by atoms with van der Waals surface area (Å²) in [4.78, 5) is 28.2. The lowest BCUT2D eigenvalue weighted by atomic mass is 9.87. The van der Waals surface area contributed by atoms with E-state index in [1.54, 1.807) is 18.5 Å². The van der Waals surface area contributed by atoms with Crippen molar-refractivity contribution >= 4 is 23.1 Å². The van der Waals surface area contributed by atoms with Crippen molar-refractivity contribution in [2.75, 3.05) is 18.8 Å². The SMILES string of the molecule is Nc1nc(-c2c[nH]c3ncccc23)cc(C2(O)CCN(C(=O)O)CC2)n1. The van der Waals surface area contributed by atoms with Crippen LogP contribution in [0.1, 0.15) is 18.5 Å². The van der Waals surface area contributed by atoms with E-state index in [0.717, 1.165) is 16.6 Å². The van der Waals surface area contributed by atoms with Crippen LogP contribution in [0.15, 0.2) is 30.6 Å². The normalized spacial score (nSPS) is 16.7. The van der Waals surface area contributed by atoms with Crippen LogP contribution in [0.5, 0.6) is 0 Å². The maximum Gasteiger partial charge on any atom is 0.407 e. The molecular formula is C17H18N6O3. The van der Waals surface area contributed by atoms with Crippen LogP contribution in [0.4, 0.5) is 10.7 Å². The highest BCUT2D eigenvalue weighted by atomic mass is 16.4. The van der Waals surface area contributed by atoms with Gasteiger partial charge in [-0.1, -0.05) is 0 Å². The van der Waals surface area contributed by atoms with Crippen LogP contribution < -0.4 is 5.73 Å². The van der Waals surface area contributed by atoms with Crippen LogP contribution in [0, 0.1) is 0 Å². The number of fused-ring (bicyclic) bond motifs is 1. The molecule has 26 heavy (non-hydrogen) atoms. The Morgan fingerprint density at radius 3 is 2.81 bits per heavy atom. The minimum Gasteiger partial charge on any atom is -0.465 e. The highest BCUT2D eigenvalue weighted by Gasteiger charge is 2.37. The van der Waals surface area contributed by atoms with Gasteiger partial charge in [-0.2, -0.15) is 0 Å². The van der Waals surface area contributed by atoms with Gasteiger partial charge >= 0.3 is 6.09 Å². The maximum atomic E-state index is 11.1. The number of piperidine rings is 1. The number of nitrogens with one attached hydrogen (secondary N) is 1. The minimum atomic E-state index is -1.23. The highest BCUT2D eigenvalue weighted by Crippen LogP contribution is 2.35. The molecule has 0 aromatic carbocycles. The Hall–Kier alpha value is -3.20. The molecule has 1 aliphatic heterocycles. The van der Waals surface area contributed by atoms with Gasteiger partial charge < -0.3 is 25.8 Å². The molecule has 0 saturated carbocycles. The van der Waals surface area contributed by atoms with Crippen molar-refractivity contribution in [2.24, 2.45) is 0 Å². The molecule has 0 bridgehead atoms. The minimum absolute atomic E-state index is 0.0600. The lowest BCUT2D eigenvalue weighted by molar-refractivity contribution is -0.0246. The number of rotatable bonds is 2. The molecule has 4 heterocycles. The number of aromatic nitrogens is 4. The number of H-pyrrole nitrogens is 1. The largest absolute Gasteiger partial charge is 0.465 e. The molecule has 1 aliphatic rings. The molecule has 1 saturated heterocycles. The number of hydrogen-bond donors (Lipinski definition) is 4. The number of carbonyl (C=O) groups is 1. The van der Waals surface area contributed by atoms with E-state index >= 15 is 0 Å². The first-order chi connectivity index (χ1) is 12.5. The number of amides is 1. The molecule has 0 atom stereocenters. The smallest absolute Gasteiger partial charge is 0.407 e. The summed E-state index contributed by atoms with van der Waals surface area (Å²) in [5.41, 5.74) is 7.19. The Bertz CT molecular complexity index is 978. The predicted octanol–water partition coefficient (Wildman–Crippen LogP) is 1.56. The fourth-order valence-electron chi connectivity index (χ4n) is 3.33. The number of aliphatic hydroxyl groups is 1. The molecule has 9 nitrogen and oxygen atoms in total. The van der Waals surface area contributed by atoms with Gasteiger partial charge in [-0.25, -0.2) is 19.7 Å². The molecule has 3 aromatic rings. The monoisotopic (exact) mass is 354 g/mol. The Balaban J connectivity index is 1.72. The molecule has 0 unspecified atom stereocenters. The van der Waals surface area contributed by atoms with Crippen LogP contribution in [0.25, 0.3) is 22.3 Å². The zero-order valence-electron chi connectivity index (χ0n) is 13.9. The molecule has 0 aliphatic carbocycles. The fourth-order valence-corrected chi connectivity index (χ4v) is 3.33. The fraction of sp³-hybridized carbons (Fsp3) is 0.294. The number of carboxylic acid groups (broad SMARTS) is 1. The van der Waals surface area contributed by atoms with Crippen molar-refractivity contribution in [3.63, 3.8) is 0 Å². The Kier molecular flexibility index (Phi) is 3.73. The molecule has 4 rings (SSSR count). The van der Waals surface area contributed by atoms with Crippen molar-refractivity contribution in [2.45, 2.75) is 18.4 Å². The first kappa shape index (κ1) is 16.3. The Labute approximate surface area is 148 Å². The van der Waals surface area contributed by atoms with Gasteiger partial charge in [0.25, 0.3) is 0 Å². The van der Waals surface area contributed by atoms with Gasteiger partial charge in [0.2, 0.25) is 5.95 Å². The summed E-state index contributed by atoms with van der Waals surface area (Å²) < 4.78 is 0. The zero-order valence-corrected chi connectivity index (χ0v) is 13.9. The van der Waals surface area contributed by atoms with Gasteiger partial charge in [0.05, 0.1) is 11.4 Å². The first-order valence-electron chi connectivity index (χ1n) is 8.24. The van der Waals surface area contributed by atoms with E-state index < -0.39 is 11.7 Å². The van der Waals surface area contributed by atoms with E-state index in [4.69, 9.17) is 10.8 Å². The maximum absolute atomic E-state index is 11.1. The van der Waals surface area contributed by atoms with Crippen molar-refractivity contribution in [3.05, 3.63) is 36.3 Å². The third-order valence-electron chi connectivity index (χ3n) is 4.81. The summed E-state index contributed by atoms with van der Waals surface area (Å²) in [7, 11) is 0. The average molecular weight is 354 g/mol. The summed E-state index contributed by atoms with van der Waals surface area (Å²) in [6.45, 7) is 0.476. The molecule has 1 fully saturated rings. The Morgan fingerprint density at radius 2 is 2.08 bits per heavy atom. The third kappa shape index (κ3) is 2.72. The van der Waals surface area contributed by atoms with E-state index in [9.17, 15) is 9.90 Å². The second-order valence-electron chi connectivity index (χ2n) is 6.40. The molecule has 0 spiro atoms. The van der Waals surface area contributed by atoms with Crippen molar-refractivity contribution in [1.29, 1.82) is 0 Å². The van der Waals surface area contributed by atoms with E-state index in [2.05, 4.69) is 19.9 Å². The molecular weight excluding hydrogens is 336 g/mol. The van der Waals surface area contributed by atoms with Gasteiger partial charge in [-0.05, 0) is 31.0 Å². The number of pyridine rings is 1. The lowest BCUT2D eigenvalue weighted by Gasteiger charge is -2.36. The Morgan fingerprint density at radius 1 is 1.31 bits per heavy atom. The third-order valence-corrected chi connectivity index (χ3v) is 4.81. The summed E-state index contributed by atoms with van der Waals surface area (Å²) >= 11 is 0. The highest BCUT2D eigenvalue weighted by molar-refractivity contribution is 5.92. The topological polar surface area (TPSA) is 141 Å². The second-order valence-corrected chi connectivity index (χ2v) is 6.40. The van der Waals surface area contributed by atoms with Crippen molar-refractivity contribution in [3.8, 4) is 11.3 Å². The van der Waals surface area contributed by atoms with E-state index in [0.29, 0.717) is 11.4 Å². The van der Waals surface area contributed by atoms with Gasteiger partial charge in [0.1, 0.15) is 11.2 Å². The zero-order chi connectivity index (χ0) is 18.3. The number of aromatic amines is 1. The summed E-state index contributed by atoms with van der Waals surface area (Å²) in [5.74, 6) is 0.0600. The van der Waals surface area contributed by atoms with Crippen LogP contribution in [-0.2, 0) is 5.60 Å². The second kappa shape index (κ2) is 5.95. The van der Waals surface area contributed by atoms with Crippen molar-refractivity contribution in [1.82, 2.24) is 24.8 Å². The molecule has 3 aromatic heterocycles. The van der Waals surface area contributed by atoms with E-state index in [-0.39, 0.29) is 31.9 Å². The predicted molar refractivity (Wildman–Crippen MR) is 94.3 cm³/mol. The molecule has 5 N–H and O–H groups in total. The quantitative estimate of drug-likeness (QED) is 0.547. The van der Waals surface area contributed by atoms with Crippen molar-refractivity contribution < 1.29 is 15.0 Å². The summed E-state index contributed by atoms with van der Waals surface area (Å²) in [6, 6.07) is 5.47. The standard InChI is InChI=1S/C17H18N6O3/c18-15-21-12(11-9-20-14-10(11)2-1-5-19-14)8-13(22-15)17(26)3-6-23(7-4-17)16(24)25/h1-2,5,8-9,26H,3-4,6-7H2,(H,19,20)(H,24,25)(H2,18,21,22). The molecule has 0 radical (unpaired) electrons. The van der Waals surface area contributed by atoms with Gasteiger partial charge in [0.15, 0.2) is 0 Å². The average Bonchev–Trinajstić information content (AvgIpc) is 3.06. The number of anilines is 1. The molecule has 9 heteroatoms. The first-order valence-corrected chi connectivity index (χ1v) is 8.24. The molecule has 134 valence electrons. The van der Waals surface area contributed by atoms with E-state index in [1.165, 1.54) is 4.90 Å². The number of hydrogen-bond acceptors (Lipinski definition) is 6. The van der Waals surface area contributed by atoms with Gasteiger partial charge in [-0.15, -0.1) is 0 Å². The van der Waals surface area contributed by atoms with Gasteiger partial charge in [-0.3, -0.25) is 0 Å². The van der Waals surface area contributed by atoms with Crippen LogP contribution in [0.2, 0.25) is 0 Å². The number of nitrogen functional groups attached to an aromatic ring is 1. The summed E-state index contributed by atoms with van der Waals surface area (Å²) in [5, 5.41) is 21.0. The summed E-state index contributed by atoms with van der Waals surface area (Å²) in [6.07, 6.45) is 3.01. The number of likely N-dealkylation sites (tertiary alicyclic amines) is 1. The number of nitrogens with two attached hydrogens (primary N) is 1. The van der Waals surface area contributed by atoms with Crippen LogP contribution in [-0.4, -0.2) is 54.2 Å². The van der Waals surface area contributed by atoms with Crippen LogP contribution >= 0.6 is 0 Å². The van der Waals surface area contributed by atoms with Crippen LogP contribution in [0.3, 0.4) is 0 Å². The molecule has 1 amide bonds.